The second kappa shape index (κ2) is 7.60. The number of aromatic amines is 1. The number of hydrogen-bond donors (Lipinski definition) is 1. The molecule has 0 radical (unpaired) electrons. The topological polar surface area (TPSA) is 76.2 Å². The van der Waals surface area contributed by atoms with E-state index >= 15 is 0 Å². The lowest BCUT2D eigenvalue weighted by Gasteiger charge is -2.08. The number of hydrogen-bond acceptors (Lipinski definition) is 4. The standard InChI is InChI=1S/C17H14Cl3NO4/c1-7-13(9(3)22)8(2)21-16(7)12(23)6-25-17(24)14-10(18)4-5-11(19)15(14)20/h4-5,21H,6H2,1-3H3. The zero-order chi connectivity index (χ0) is 18.9. The maximum absolute atomic E-state index is 12.3. The van der Waals surface area contributed by atoms with Crippen LogP contribution in [0.5, 0.6) is 0 Å². The quantitative estimate of drug-likeness (QED) is 0.441. The van der Waals surface area contributed by atoms with Crippen LogP contribution in [0.1, 0.15) is 49.4 Å². The molecular formula is C17H14Cl3NO4. The molecule has 1 aromatic heterocycles. The molecule has 1 N–H and O–H groups in total. The first-order valence-corrected chi connectivity index (χ1v) is 8.32. The van der Waals surface area contributed by atoms with Gasteiger partial charge in [0, 0.05) is 11.3 Å². The molecule has 0 saturated carbocycles. The Balaban J connectivity index is 2.19. The van der Waals surface area contributed by atoms with E-state index in [-0.39, 0.29) is 32.1 Å². The molecule has 1 aromatic carbocycles. The van der Waals surface area contributed by atoms with Crippen molar-refractivity contribution in [3.63, 3.8) is 0 Å². The summed E-state index contributed by atoms with van der Waals surface area (Å²) in [6, 6.07) is 2.86. The van der Waals surface area contributed by atoms with Crippen LogP contribution in [0, 0.1) is 13.8 Å². The average molecular weight is 403 g/mol. The van der Waals surface area contributed by atoms with Crippen LogP contribution in [-0.2, 0) is 4.74 Å². The van der Waals surface area contributed by atoms with Gasteiger partial charge in [0.1, 0.15) is 0 Å². The van der Waals surface area contributed by atoms with Crippen LogP contribution in [0.25, 0.3) is 0 Å². The summed E-state index contributed by atoms with van der Waals surface area (Å²) in [5.41, 5.74) is 1.67. The van der Waals surface area contributed by atoms with Gasteiger partial charge >= 0.3 is 5.97 Å². The lowest BCUT2D eigenvalue weighted by atomic mass is 10.1. The van der Waals surface area contributed by atoms with Crippen molar-refractivity contribution in [2.75, 3.05) is 6.61 Å². The van der Waals surface area contributed by atoms with Crippen LogP contribution in [0.4, 0.5) is 0 Å². The predicted octanol–water partition coefficient (Wildman–Crippen LogP) is 4.83. The number of benzene rings is 1. The summed E-state index contributed by atoms with van der Waals surface area (Å²) in [5.74, 6) is -1.49. The lowest BCUT2D eigenvalue weighted by molar-refractivity contribution is 0.0473. The highest BCUT2D eigenvalue weighted by molar-refractivity contribution is 6.46. The van der Waals surface area contributed by atoms with Crippen molar-refractivity contribution in [1.29, 1.82) is 0 Å². The average Bonchev–Trinajstić information content (AvgIpc) is 2.83. The number of nitrogens with one attached hydrogen (secondary N) is 1. The van der Waals surface area contributed by atoms with Crippen molar-refractivity contribution in [1.82, 2.24) is 4.98 Å². The third-order valence-electron chi connectivity index (χ3n) is 3.65. The van der Waals surface area contributed by atoms with Gasteiger partial charge in [0.15, 0.2) is 12.4 Å². The van der Waals surface area contributed by atoms with E-state index in [4.69, 9.17) is 39.5 Å². The second-order valence-electron chi connectivity index (χ2n) is 5.40. The monoisotopic (exact) mass is 401 g/mol. The Kier molecular flexibility index (Phi) is 5.93. The molecule has 0 saturated heterocycles. The van der Waals surface area contributed by atoms with Crippen molar-refractivity contribution in [3.05, 3.63) is 55.3 Å². The van der Waals surface area contributed by atoms with Crippen LogP contribution >= 0.6 is 34.8 Å². The fourth-order valence-electron chi connectivity index (χ4n) is 2.55. The minimum Gasteiger partial charge on any atom is -0.454 e. The van der Waals surface area contributed by atoms with Gasteiger partial charge in [-0.3, -0.25) is 9.59 Å². The van der Waals surface area contributed by atoms with Crippen LogP contribution in [-0.4, -0.2) is 29.1 Å². The molecule has 0 aliphatic heterocycles. The van der Waals surface area contributed by atoms with Gasteiger partial charge in [-0.1, -0.05) is 34.8 Å². The Labute approximate surface area is 159 Å². The molecule has 0 aliphatic rings. The Morgan fingerprint density at radius 2 is 1.64 bits per heavy atom. The zero-order valence-electron chi connectivity index (χ0n) is 13.6. The van der Waals surface area contributed by atoms with Crippen molar-refractivity contribution in [3.8, 4) is 0 Å². The first kappa shape index (κ1) is 19.5. The summed E-state index contributed by atoms with van der Waals surface area (Å²) in [5, 5.41) is 0.168. The number of halogens is 3. The predicted molar refractivity (Wildman–Crippen MR) is 96.4 cm³/mol. The molecule has 8 heteroatoms. The molecule has 0 aliphatic carbocycles. The molecule has 5 nitrogen and oxygen atoms in total. The molecule has 1 heterocycles. The largest absolute Gasteiger partial charge is 0.454 e. The third-order valence-corrected chi connectivity index (χ3v) is 4.77. The number of esters is 1. The van der Waals surface area contributed by atoms with Gasteiger partial charge in [-0.2, -0.15) is 0 Å². The van der Waals surface area contributed by atoms with Crippen molar-refractivity contribution >= 4 is 52.3 Å². The number of aromatic nitrogens is 1. The second-order valence-corrected chi connectivity index (χ2v) is 6.59. The van der Waals surface area contributed by atoms with Gasteiger partial charge in [-0.05, 0) is 38.5 Å². The zero-order valence-corrected chi connectivity index (χ0v) is 15.9. The van der Waals surface area contributed by atoms with Crippen molar-refractivity contribution in [2.24, 2.45) is 0 Å². The van der Waals surface area contributed by atoms with Crippen LogP contribution in [0.2, 0.25) is 15.1 Å². The van der Waals surface area contributed by atoms with E-state index in [1.165, 1.54) is 19.1 Å². The summed E-state index contributed by atoms with van der Waals surface area (Å²) < 4.78 is 5.00. The third kappa shape index (κ3) is 3.89. The van der Waals surface area contributed by atoms with E-state index in [9.17, 15) is 14.4 Å². The van der Waals surface area contributed by atoms with Crippen LogP contribution in [0.3, 0.4) is 0 Å². The van der Waals surface area contributed by atoms with Crippen LogP contribution < -0.4 is 0 Å². The number of carbonyl (C=O) groups excluding carboxylic acids is 3. The Hall–Kier alpha value is -1.82. The summed E-state index contributed by atoms with van der Waals surface area (Å²) in [4.78, 5) is 39.0. The molecule has 2 aromatic rings. The highest BCUT2D eigenvalue weighted by Gasteiger charge is 2.23. The maximum Gasteiger partial charge on any atom is 0.341 e. The number of ketones is 2. The molecule has 25 heavy (non-hydrogen) atoms. The van der Waals surface area contributed by atoms with E-state index < -0.39 is 18.4 Å². The molecule has 0 unspecified atom stereocenters. The van der Waals surface area contributed by atoms with E-state index in [1.54, 1.807) is 13.8 Å². The molecule has 0 atom stereocenters. The summed E-state index contributed by atoms with van der Waals surface area (Å²) in [7, 11) is 0. The highest BCUT2D eigenvalue weighted by Crippen LogP contribution is 2.32. The first-order valence-electron chi connectivity index (χ1n) is 7.19. The lowest BCUT2D eigenvalue weighted by Crippen LogP contribution is -2.16. The summed E-state index contributed by atoms with van der Waals surface area (Å²) >= 11 is 17.8. The smallest absolute Gasteiger partial charge is 0.341 e. The maximum atomic E-state index is 12.3. The normalized spacial score (nSPS) is 10.6. The summed E-state index contributed by atoms with van der Waals surface area (Å²) in [6.07, 6.45) is 0. The van der Waals surface area contributed by atoms with Gasteiger partial charge in [-0.25, -0.2) is 4.79 Å². The molecule has 0 spiro atoms. The highest BCUT2D eigenvalue weighted by atomic mass is 35.5. The van der Waals surface area contributed by atoms with Gasteiger partial charge in [0.2, 0.25) is 5.78 Å². The van der Waals surface area contributed by atoms with Gasteiger partial charge < -0.3 is 9.72 Å². The Bertz CT molecular complexity index is 887. The minimum absolute atomic E-state index is 0.0441. The minimum atomic E-state index is -0.862. The first-order chi connectivity index (χ1) is 11.6. The molecule has 2 rings (SSSR count). The SMILES string of the molecule is CC(=O)c1c(C)[nH]c(C(=O)COC(=O)c2c(Cl)ccc(Cl)c2Cl)c1C. The van der Waals surface area contributed by atoms with E-state index in [0.29, 0.717) is 16.8 Å². The number of ether oxygens (including phenoxy) is 1. The molecular weight excluding hydrogens is 389 g/mol. The molecule has 0 fully saturated rings. The number of aryl methyl sites for hydroxylation is 1. The van der Waals surface area contributed by atoms with Gasteiger partial charge in [0.05, 0.1) is 26.3 Å². The number of carbonyl (C=O) groups is 3. The van der Waals surface area contributed by atoms with E-state index in [0.717, 1.165) is 0 Å². The van der Waals surface area contributed by atoms with Gasteiger partial charge in [-0.15, -0.1) is 0 Å². The molecule has 132 valence electrons. The number of rotatable bonds is 5. The Morgan fingerprint density at radius 3 is 2.20 bits per heavy atom. The van der Waals surface area contributed by atoms with Gasteiger partial charge in [0.25, 0.3) is 0 Å². The van der Waals surface area contributed by atoms with E-state index in [2.05, 4.69) is 4.98 Å². The molecule has 0 amide bonds. The van der Waals surface area contributed by atoms with Crippen molar-refractivity contribution < 1.29 is 19.1 Å². The fraction of sp³-hybridized carbons (Fsp3) is 0.235. The fourth-order valence-corrected chi connectivity index (χ4v) is 3.23. The van der Waals surface area contributed by atoms with Crippen molar-refractivity contribution in [2.45, 2.75) is 20.8 Å². The van der Waals surface area contributed by atoms with E-state index in [1.807, 2.05) is 0 Å². The number of H-pyrrole nitrogens is 1. The number of Topliss-reactive ketones (excluding diaryl/α,β-unsaturated/α-hetero) is 2. The van der Waals surface area contributed by atoms with Crippen LogP contribution in [0.15, 0.2) is 12.1 Å². The molecule has 0 bridgehead atoms. The summed E-state index contributed by atoms with van der Waals surface area (Å²) in [6.45, 7) is 4.23. The Morgan fingerprint density at radius 1 is 1.04 bits per heavy atom.